The molecule has 0 fully saturated rings. The van der Waals surface area contributed by atoms with Gasteiger partial charge in [-0.2, -0.15) is 0 Å². The molecule has 0 spiro atoms. The molecule has 0 bridgehead atoms. The number of nitrogens with one attached hydrogen (secondary N) is 1. The third kappa shape index (κ3) is 7.61. The van der Waals surface area contributed by atoms with Crippen molar-refractivity contribution in [2.45, 2.75) is 38.8 Å². The SMILES string of the molecule is COC[C@H](CC(=O)C(=O)O)NC(=O)OC(C)(C)C. The minimum absolute atomic E-state index is 0.0261. The molecule has 0 aliphatic heterocycles. The Bertz CT molecular complexity index is 320. The quantitative estimate of drug-likeness (QED) is 0.678. The number of methoxy groups -OCH3 is 1. The fraction of sp³-hybridized carbons (Fsp3) is 0.727. The number of hydrogen-bond donors (Lipinski definition) is 2. The highest BCUT2D eigenvalue weighted by Gasteiger charge is 2.23. The zero-order valence-electron chi connectivity index (χ0n) is 11.0. The van der Waals surface area contributed by atoms with Crippen LogP contribution in [0.5, 0.6) is 0 Å². The maximum Gasteiger partial charge on any atom is 0.407 e. The summed E-state index contributed by atoms with van der Waals surface area (Å²) in [4.78, 5) is 32.9. The molecule has 1 amide bonds. The maximum atomic E-state index is 11.4. The normalized spacial score (nSPS) is 12.7. The highest BCUT2D eigenvalue weighted by Crippen LogP contribution is 2.07. The van der Waals surface area contributed by atoms with Crippen molar-refractivity contribution in [3.05, 3.63) is 0 Å². The monoisotopic (exact) mass is 261 g/mol. The predicted octanol–water partition coefficient (Wildman–Crippen LogP) is 0.570. The second-order valence-electron chi connectivity index (χ2n) is 4.73. The smallest absolute Gasteiger partial charge is 0.407 e. The standard InChI is InChI=1S/C11H19NO6/c1-11(2,3)18-10(16)12-7(6-17-4)5-8(13)9(14)15/h7H,5-6H2,1-4H3,(H,12,16)(H,14,15)/t7-/m0/s1. The predicted molar refractivity (Wildman–Crippen MR) is 62.3 cm³/mol. The van der Waals surface area contributed by atoms with E-state index in [0.717, 1.165) is 0 Å². The molecule has 0 unspecified atom stereocenters. The number of carboxylic acid groups (broad SMARTS) is 1. The Hall–Kier alpha value is -1.63. The van der Waals surface area contributed by atoms with Crippen molar-refractivity contribution in [2.75, 3.05) is 13.7 Å². The first-order valence-corrected chi connectivity index (χ1v) is 5.40. The summed E-state index contributed by atoms with van der Waals surface area (Å²) in [5.41, 5.74) is -0.668. The number of amides is 1. The summed E-state index contributed by atoms with van der Waals surface area (Å²) in [6.45, 7) is 5.11. The zero-order chi connectivity index (χ0) is 14.3. The molecule has 0 aromatic carbocycles. The van der Waals surface area contributed by atoms with E-state index in [0.29, 0.717) is 0 Å². The van der Waals surface area contributed by atoms with E-state index in [1.165, 1.54) is 7.11 Å². The lowest BCUT2D eigenvalue weighted by Gasteiger charge is -2.22. The van der Waals surface area contributed by atoms with Crippen molar-refractivity contribution in [3.63, 3.8) is 0 Å². The van der Waals surface area contributed by atoms with E-state index in [9.17, 15) is 14.4 Å². The van der Waals surface area contributed by atoms with Gasteiger partial charge in [0.25, 0.3) is 0 Å². The summed E-state index contributed by atoms with van der Waals surface area (Å²) in [5, 5.41) is 10.9. The van der Waals surface area contributed by atoms with Gasteiger partial charge in [0.15, 0.2) is 0 Å². The van der Waals surface area contributed by atoms with Crippen LogP contribution in [0.3, 0.4) is 0 Å². The van der Waals surface area contributed by atoms with E-state index in [2.05, 4.69) is 5.32 Å². The molecule has 7 nitrogen and oxygen atoms in total. The van der Waals surface area contributed by atoms with Crippen LogP contribution in [0.2, 0.25) is 0 Å². The molecule has 0 heterocycles. The van der Waals surface area contributed by atoms with Gasteiger partial charge in [-0.3, -0.25) is 4.79 Å². The highest BCUT2D eigenvalue weighted by atomic mass is 16.6. The number of carbonyl (C=O) groups is 3. The Morgan fingerprint density at radius 2 is 1.83 bits per heavy atom. The summed E-state index contributed by atoms with van der Waals surface area (Å²) in [6, 6.07) is -0.728. The van der Waals surface area contributed by atoms with Crippen molar-refractivity contribution < 1.29 is 29.0 Å². The number of hydrogen-bond acceptors (Lipinski definition) is 5. The van der Waals surface area contributed by atoms with Crippen molar-refractivity contribution in [3.8, 4) is 0 Å². The zero-order valence-corrected chi connectivity index (χ0v) is 11.0. The van der Waals surface area contributed by atoms with E-state index in [-0.39, 0.29) is 13.0 Å². The van der Waals surface area contributed by atoms with Gasteiger partial charge in [-0.15, -0.1) is 0 Å². The molecule has 0 saturated carbocycles. The largest absolute Gasteiger partial charge is 0.476 e. The molecule has 18 heavy (non-hydrogen) atoms. The lowest BCUT2D eigenvalue weighted by molar-refractivity contribution is -0.149. The van der Waals surface area contributed by atoms with Gasteiger partial charge >= 0.3 is 12.1 Å². The minimum atomic E-state index is -1.54. The summed E-state index contributed by atoms with van der Waals surface area (Å²) in [7, 11) is 1.38. The van der Waals surface area contributed by atoms with E-state index in [4.69, 9.17) is 14.6 Å². The first-order chi connectivity index (χ1) is 8.15. The lowest BCUT2D eigenvalue weighted by Crippen LogP contribution is -2.43. The average molecular weight is 261 g/mol. The Balaban J connectivity index is 4.39. The Morgan fingerprint density at radius 3 is 2.22 bits per heavy atom. The molecule has 7 heteroatoms. The van der Waals surface area contributed by atoms with Crippen molar-refractivity contribution >= 4 is 17.8 Å². The number of carboxylic acids is 1. The Morgan fingerprint density at radius 1 is 1.28 bits per heavy atom. The fourth-order valence-corrected chi connectivity index (χ4v) is 1.14. The van der Waals surface area contributed by atoms with Gasteiger partial charge < -0.3 is 19.9 Å². The van der Waals surface area contributed by atoms with Crippen LogP contribution in [0.15, 0.2) is 0 Å². The Labute approximate surface area is 105 Å². The highest BCUT2D eigenvalue weighted by molar-refractivity contribution is 6.32. The molecule has 2 N–H and O–H groups in total. The molecule has 0 radical (unpaired) electrons. The average Bonchev–Trinajstić information content (AvgIpc) is 2.14. The number of Topliss-reactive ketones (excluding diaryl/α,β-unsaturated/α-hetero) is 1. The summed E-state index contributed by atoms with van der Waals surface area (Å²) >= 11 is 0. The van der Waals surface area contributed by atoms with E-state index >= 15 is 0 Å². The van der Waals surface area contributed by atoms with Gasteiger partial charge in [0, 0.05) is 13.5 Å². The second kappa shape index (κ2) is 6.95. The lowest BCUT2D eigenvalue weighted by atomic mass is 10.1. The first-order valence-electron chi connectivity index (χ1n) is 5.40. The van der Waals surface area contributed by atoms with Crippen LogP contribution in [-0.2, 0) is 19.1 Å². The molecule has 0 aliphatic rings. The summed E-state index contributed by atoms with van der Waals surface area (Å²) in [6.07, 6.45) is -1.06. The third-order valence-corrected chi connectivity index (χ3v) is 1.76. The maximum absolute atomic E-state index is 11.4. The molecule has 1 atom stereocenters. The fourth-order valence-electron chi connectivity index (χ4n) is 1.14. The van der Waals surface area contributed by atoms with Gasteiger partial charge in [-0.1, -0.05) is 0 Å². The van der Waals surface area contributed by atoms with Crippen LogP contribution in [-0.4, -0.2) is 48.3 Å². The van der Waals surface area contributed by atoms with Crippen LogP contribution >= 0.6 is 0 Å². The molecule has 0 aromatic rings. The molecule has 0 aliphatic carbocycles. The topological polar surface area (TPSA) is 102 Å². The summed E-state index contributed by atoms with van der Waals surface area (Å²) in [5.74, 6) is -2.53. The molecular formula is C11H19NO6. The number of ketones is 1. The van der Waals surface area contributed by atoms with Crippen molar-refractivity contribution in [2.24, 2.45) is 0 Å². The van der Waals surface area contributed by atoms with Crippen LogP contribution in [0, 0.1) is 0 Å². The van der Waals surface area contributed by atoms with E-state index in [1.807, 2.05) is 0 Å². The van der Waals surface area contributed by atoms with Gasteiger partial charge in [0.2, 0.25) is 5.78 Å². The minimum Gasteiger partial charge on any atom is -0.476 e. The molecule has 104 valence electrons. The van der Waals surface area contributed by atoms with Crippen LogP contribution in [0.1, 0.15) is 27.2 Å². The number of rotatable bonds is 6. The molecular weight excluding hydrogens is 242 g/mol. The van der Waals surface area contributed by atoms with Crippen LogP contribution < -0.4 is 5.32 Å². The van der Waals surface area contributed by atoms with E-state index in [1.54, 1.807) is 20.8 Å². The second-order valence-corrected chi connectivity index (χ2v) is 4.73. The van der Waals surface area contributed by atoms with Gasteiger partial charge in [0.1, 0.15) is 5.60 Å². The van der Waals surface area contributed by atoms with Crippen LogP contribution in [0.4, 0.5) is 4.79 Å². The van der Waals surface area contributed by atoms with Crippen molar-refractivity contribution in [1.82, 2.24) is 5.32 Å². The third-order valence-electron chi connectivity index (χ3n) is 1.76. The summed E-state index contributed by atoms with van der Waals surface area (Å²) < 4.78 is 9.79. The van der Waals surface area contributed by atoms with Gasteiger partial charge in [-0.05, 0) is 20.8 Å². The van der Waals surface area contributed by atoms with Crippen LogP contribution in [0.25, 0.3) is 0 Å². The molecule has 0 rings (SSSR count). The first kappa shape index (κ1) is 16.4. The number of ether oxygens (including phenoxy) is 2. The number of aliphatic carboxylic acids is 1. The number of carbonyl (C=O) groups excluding carboxylic acids is 2. The van der Waals surface area contributed by atoms with E-state index < -0.39 is 29.5 Å². The Kier molecular flexibility index (Phi) is 6.32. The molecule has 0 saturated heterocycles. The number of alkyl carbamates (subject to hydrolysis) is 1. The molecule has 0 aromatic heterocycles. The van der Waals surface area contributed by atoms with Crippen molar-refractivity contribution in [1.29, 1.82) is 0 Å². The van der Waals surface area contributed by atoms with Gasteiger partial charge in [0.05, 0.1) is 12.6 Å². The van der Waals surface area contributed by atoms with Gasteiger partial charge in [-0.25, -0.2) is 9.59 Å².